The number of hydrogen-bond acceptors (Lipinski definition) is 7. The number of thiophene rings is 1. The zero-order chi connectivity index (χ0) is 27.0. The summed E-state index contributed by atoms with van der Waals surface area (Å²) >= 11 is 1.40. The van der Waals surface area contributed by atoms with Crippen molar-refractivity contribution >= 4 is 45.0 Å². The van der Waals surface area contributed by atoms with E-state index in [9.17, 15) is 32.3 Å². The molecule has 2 amide bonds. The molecule has 8 nitrogen and oxygen atoms in total. The van der Waals surface area contributed by atoms with E-state index in [1.807, 2.05) is 30.3 Å². The molecule has 0 bridgehead atoms. The first kappa shape index (κ1) is 25.7. The number of halogens is 3. The number of hydrogen-bond donors (Lipinski definition) is 1. The van der Waals surface area contributed by atoms with E-state index in [1.165, 1.54) is 11.3 Å². The molecule has 5 rings (SSSR count). The Hall–Kier alpha value is -3.93. The topological polar surface area (TPSA) is 102 Å². The van der Waals surface area contributed by atoms with Crippen LogP contribution in [0.4, 0.5) is 13.2 Å². The van der Waals surface area contributed by atoms with Crippen molar-refractivity contribution in [2.24, 2.45) is 5.92 Å². The van der Waals surface area contributed by atoms with Crippen molar-refractivity contribution in [3.63, 3.8) is 0 Å². The van der Waals surface area contributed by atoms with Gasteiger partial charge < -0.3 is 19.7 Å². The molecule has 1 aromatic heterocycles. The molecule has 12 heteroatoms. The van der Waals surface area contributed by atoms with Crippen LogP contribution in [-0.4, -0.2) is 54.2 Å². The number of fused-ring (bicyclic) bond motifs is 2. The Morgan fingerprint density at radius 2 is 1.74 bits per heavy atom. The van der Waals surface area contributed by atoms with E-state index in [1.54, 1.807) is 4.90 Å². The fourth-order valence-corrected chi connectivity index (χ4v) is 5.50. The average Bonchev–Trinajstić information content (AvgIpc) is 3.36. The number of rotatable bonds is 3. The number of nitrogens with zero attached hydrogens (tertiary/aromatic N) is 1. The molecule has 0 spiro atoms. The highest BCUT2D eigenvalue weighted by atomic mass is 32.1. The number of ketones is 1. The van der Waals surface area contributed by atoms with E-state index in [2.05, 4.69) is 5.32 Å². The molecule has 198 valence electrons. The molecule has 1 N–H and O–H groups in total. The second-order valence-corrected chi connectivity index (χ2v) is 10.1. The first-order valence-electron chi connectivity index (χ1n) is 11.8. The molecule has 1 unspecified atom stereocenters. The first-order valence-corrected chi connectivity index (χ1v) is 12.6. The summed E-state index contributed by atoms with van der Waals surface area (Å²) < 4.78 is 52.5. The number of esters is 1. The number of nitrogens with one attached hydrogen (secondary N) is 1. The van der Waals surface area contributed by atoms with Crippen LogP contribution in [0.25, 0.3) is 10.1 Å². The molecule has 0 radical (unpaired) electrons. The summed E-state index contributed by atoms with van der Waals surface area (Å²) in [6, 6.07) is 8.34. The monoisotopic (exact) mass is 546 g/mol. The normalized spacial score (nSPS) is 18.6. The van der Waals surface area contributed by atoms with Crippen molar-refractivity contribution in [3.05, 3.63) is 58.7 Å². The van der Waals surface area contributed by atoms with Crippen molar-refractivity contribution in [2.45, 2.75) is 25.3 Å². The molecule has 3 heterocycles. The molecule has 0 aliphatic carbocycles. The minimum Gasteiger partial charge on any atom is -0.479 e. The smallest absolute Gasteiger partial charge is 0.313 e. The molecule has 2 aliphatic rings. The molecular formula is C26H21F3N2O6S. The van der Waals surface area contributed by atoms with Crippen LogP contribution in [0.15, 0.2) is 36.4 Å². The number of piperidine rings is 1. The third-order valence-electron chi connectivity index (χ3n) is 6.53. The number of Topliss-reactive ketones (excluding diaryl/α,β-unsaturated/α-hetero) is 1. The van der Waals surface area contributed by atoms with Crippen LogP contribution in [0, 0.1) is 23.4 Å². The molecule has 2 aliphatic heterocycles. The molecule has 0 saturated carbocycles. The van der Waals surface area contributed by atoms with Gasteiger partial charge in [0.05, 0.1) is 11.3 Å². The van der Waals surface area contributed by atoms with Gasteiger partial charge in [0, 0.05) is 29.8 Å². The van der Waals surface area contributed by atoms with Gasteiger partial charge in [-0.15, -0.1) is 11.3 Å². The molecular weight excluding hydrogens is 525 g/mol. The number of benzene rings is 2. The molecule has 2 aromatic carbocycles. The van der Waals surface area contributed by atoms with Gasteiger partial charge in [-0.3, -0.25) is 19.2 Å². The number of ether oxygens (including phenoxy) is 2. The van der Waals surface area contributed by atoms with Crippen molar-refractivity contribution in [1.29, 1.82) is 0 Å². The predicted octanol–water partition coefficient (Wildman–Crippen LogP) is 3.61. The Labute approximate surface area is 218 Å². The minimum atomic E-state index is -1.61. The van der Waals surface area contributed by atoms with E-state index in [0.717, 1.165) is 10.1 Å². The van der Waals surface area contributed by atoms with Crippen LogP contribution >= 0.6 is 11.3 Å². The van der Waals surface area contributed by atoms with Gasteiger partial charge in [-0.25, -0.2) is 8.78 Å². The van der Waals surface area contributed by atoms with Gasteiger partial charge >= 0.3 is 5.97 Å². The fourth-order valence-electron chi connectivity index (χ4n) is 4.47. The van der Waals surface area contributed by atoms with Gasteiger partial charge in [0.2, 0.25) is 23.2 Å². The second kappa shape index (κ2) is 10.4. The van der Waals surface area contributed by atoms with E-state index < -0.39 is 71.6 Å². The van der Waals surface area contributed by atoms with Crippen molar-refractivity contribution in [1.82, 2.24) is 10.2 Å². The van der Waals surface area contributed by atoms with E-state index >= 15 is 0 Å². The first-order chi connectivity index (χ1) is 18.2. The van der Waals surface area contributed by atoms with E-state index in [-0.39, 0.29) is 12.0 Å². The van der Waals surface area contributed by atoms with Gasteiger partial charge in [-0.2, -0.15) is 4.39 Å². The largest absolute Gasteiger partial charge is 0.479 e. The maximum absolute atomic E-state index is 14.1. The second-order valence-electron chi connectivity index (χ2n) is 9.02. The number of likely N-dealkylation sites (tertiary alicyclic amines) is 1. The third kappa shape index (κ3) is 5.08. The molecule has 38 heavy (non-hydrogen) atoms. The highest BCUT2D eigenvalue weighted by molar-refractivity contribution is 7.20. The summed E-state index contributed by atoms with van der Waals surface area (Å²) in [5, 5.41) is 3.48. The van der Waals surface area contributed by atoms with Crippen LogP contribution in [0.2, 0.25) is 0 Å². The zero-order valence-corrected chi connectivity index (χ0v) is 20.6. The lowest BCUT2D eigenvalue weighted by atomic mass is 9.95. The summed E-state index contributed by atoms with van der Waals surface area (Å²) in [7, 11) is 0. The van der Waals surface area contributed by atoms with Gasteiger partial charge in [-0.1, -0.05) is 18.2 Å². The Balaban J connectivity index is 1.21. The molecule has 1 saturated heterocycles. The number of amides is 2. The quantitative estimate of drug-likeness (QED) is 0.306. The fraction of sp³-hybridized carbons (Fsp3) is 0.308. The maximum atomic E-state index is 14.1. The SMILES string of the molecule is O=C1CC(NC(=O)C2CCN(C(=O)c3cc4ccccc4s3)CC2)C(=O)COc2c(F)c(F)cc(F)c2O1. The zero-order valence-electron chi connectivity index (χ0n) is 19.8. The summed E-state index contributed by atoms with van der Waals surface area (Å²) in [4.78, 5) is 53.1. The Morgan fingerprint density at radius 3 is 2.47 bits per heavy atom. The van der Waals surface area contributed by atoms with Crippen molar-refractivity contribution < 1.29 is 41.8 Å². The lowest BCUT2D eigenvalue weighted by Crippen LogP contribution is -2.49. The van der Waals surface area contributed by atoms with Gasteiger partial charge in [0.15, 0.2) is 17.4 Å². The van der Waals surface area contributed by atoms with Gasteiger partial charge in [0.25, 0.3) is 5.91 Å². The minimum absolute atomic E-state index is 0.119. The van der Waals surface area contributed by atoms with E-state index in [0.29, 0.717) is 30.8 Å². The van der Waals surface area contributed by atoms with E-state index in [4.69, 9.17) is 9.47 Å². The van der Waals surface area contributed by atoms with Crippen LogP contribution < -0.4 is 14.8 Å². The Morgan fingerprint density at radius 1 is 1.00 bits per heavy atom. The number of carbonyl (C=O) groups excluding carboxylic acids is 4. The lowest BCUT2D eigenvalue weighted by molar-refractivity contribution is -0.138. The van der Waals surface area contributed by atoms with Crippen LogP contribution in [0.5, 0.6) is 11.5 Å². The van der Waals surface area contributed by atoms with Crippen molar-refractivity contribution in [3.8, 4) is 11.5 Å². The Bertz CT molecular complexity index is 1420. The average molecular weight is 547 g/mol. The van der Waals surface area contributed by atoms with Gasteiger partial charge in [-0.05, 0) is 30.4 Å². The summed E-state index contributed by atoms with van der Waals surface area (Å²) in [5.41, 5.74) is 0. The van der Waals surface area contributed by atoms with Crippen LogP contribution in [0.3, 0.4) is 0 Å². The molecule has 1 atom stereocenters. The standard InChI is InChI=1S/C26H21F3N2O6S/c27-15-10-16(28)23-24(22(15)29)36-12-18(32)17(11-21(33)37-23)30-25(34)13-5-7-31(8-6-13)26(35)20-9-14-3-1-2-4-19(14)38-20/h1-4,9-10,13,17H,5-8,11-12H2,(H,30,34). The summed E-state index contributed by atoms with van der Waals surface area (Å²) in [6.07, 6.45) is 0.0198. The highest BCUT2D eigenvalue weighted by Crippen LogP contribution is 2.36. The van der Waals surface area contributed by atoms with Gasteiger partial charge in [0.1, 0.15) is 12.6 Å². The van der Waals surface area contributed by atoms with Crippen LogP contribution in [-0.2, 0) is 14.4 Å². The lowest BCUT2D eigenvalue weighted by Gasteiger charge is -2.31. The Kier molecular flexibility index (Phi) is 7.06. The highest BCUT2D eigenvalue weighted by Gasteiger charge is 2.34. The third-order valence-corrected chi connectivity index (χ3v) is 7.63. The predicted molar refractivity (Wildman–Crippen MR) is 129 cm³/mol. The van der Waals surface area contributed by atoms with Crippen molar-refractivity contribution in [2.75, 3.05) is 19.7 Å². The summed E-state index contributed by atoms with van der Waals surface area (Å²) in [6.45, 7) is -0.195. The molecule has 3 aromatic rings. The maximum Gasteiger partial charge on any atom is 0.313 e. The molecule has 1 fully saturated rings. The summed E-state index contributed by atoms with van der Waals surface area (Å²) in [5.74, 6) is -9.66. The number of carbonyl (C=O) groups is 4. The van der Waals surface area contributed by atoms with Crippen LogP contribution in [0.1, 0.15) is 28.9 Å².